The summed E-state index contributed by atoms with van der Waals surface area (Å²) in [7, 11) is 0. The molecule has 11 unspecified atom stereocenters. The van der Waals surface area contributed by atoms with Gasteiger partial charge in [-0.05, 0) is 91.3 Å². The first kappa shape index (κ1) is 31.6. The Bertz CT molecular complexity index is 1940. The number of allylic oxidation sites excluding steroid dienone is 13. The smallest absolute Gasteiger partial charge is 0.0453 e. The van der Waals surface area contributed by atoms with Crippen molar-refractivity contribution in [1.29, 1.82) is 0 Å². The molecule has 0 aromatic heterocycles. The molecule has 0 amide bonds. The molecule has 0 bridgehead atoms. The van der Waals surface area contributed by atoms with Gasteiger partial charge >= 0.3 is 0 Å². The summed E-state index contributed by atoms with van der Waals surface area (Å²) in [4.78, 5) is 5.69. The predicted molar refractivity (Wildman–Crippen MR) is 213 cm³/mol. The highest BCUT2D eigenvalue weighted by Gasteiger charge is 2.51. The zero-order valence-corrected chi connectivity index (χ0v) is 30.1. The Morgan fingerprint density at radius 3 is 2.35 bits per heavy atom. The Balaban J connectivity index is 0.941. The highest BCUT2D eigenvalue weighted by molar-refractivity contribution is 5.75. The summed E-state index contributed by atoms with van der Waals surface area (Å²) in [6.07, 6.45) is 49.5. The minimum absolute atomic E-state index is 0.437. The molecule has 1 saturated heterocycles. The van der Waals surface area contributed by atoms with Crippen LogP contribution in [-0.2, 0) is 0 Å². The van der Waals surface area contributed by atoms with Gasteiger partial charge in [0.25, 0.3) is 0 Å². The van der Waals surface area contributed by atoms with E-state index in [0.717, 1.165) is 19.3 Å². The van der Waals surface area contributed by atoms with Crippen LogP contribution in [0.5, 0.6) is 0 Å². The lowest BCUT2D eigenvalue weighted by Gasteiger charge is -2.40. The third kappa shape index (κ3) is 5.48. The molecule has 0 spiro atoms. The monoisotopic (exact) mass is 668 g/mol. The summed E-state index contributed by atoms with van der Waals surface area (Å²) >= 11 is 0. The summed E-state index contributed by atoms with van der Waals surface area (Å²) < 4.78 is 0. The Kier molecular flexibility index (Phi) is 8.13. The SMILES string of the molecule is CC1C=CC=CC1c1cccc(N2c3ccc(C4C=CC5C6C=CCCC6N(C6C=CC(C7C=CC=CC7)=CC6)C5C4)cc3C3C=CCCC32)c1. The molecule has 2 aliphatic heterocycles. The van der Waals surface area contributed by atoms with Crippen LogP contribution in [0.25, 0.3) is 0 Å². The van der Waals surface area contributed by atoms with E-state index in [1.165, 1.54) is 59.3 Å². The number of likely N-dealkylation sites (tertiary alicyclic amines) is 1. The molecule has 11 atom stereocenters. The second-order valence-electron chi connectivity index (χ2n) is 16.5. The van der Waals surface area contributed by atoms with Gasteiger partial charge in [0.2, 0.25) is 0 Å². The van der Waals surface area contributed by atoms with Crippen LogP contribution in [-0.4, -0.2) is 29.1 Å². The third-order valence-electron chi connectivity index (χ3n) is 13.8. The first-order valence-electron chi connectivity index (χ1n) is 20.1. The maximum Gasteiger partial charge on any atom is 0.0453 e. The van der Waals surface area contributed by atoms with Gasteiger partial charge in [0, 0.05) is 71.0 Å². The maximum atomic E-state index is 3.00. The van der Waals surface area contributed by atoms with Crippen LogP contribution < -0.4 is 4.90 Å². The molecule has 51 heavy (non-hydrogen) atoms. The molecule has 2 heteroatoms. The first-order valence-corrected chi connectivity index (χ1v) is 20.1. The van der Waals surface area contributed by atoms with E-state index in [0.29, 0.717) is 65.6 Å². The summed E-state index contributed by atoms with van der Waals surface area (Å²) in [5.41, 5.74) is 8.74. The normalized spacial score (nSPS) is 37.3. The summed E-state index contributed by atoms with van der Waals surface area (Å²) in [5, 5.41) is 0. The fourth-order valence-electron chi connectivity index (χ4n) is 11.3. The zero-order chi connectivity index (χ0) is 33.9. The summed E-state index contributed by atoms with van der Waals surface area (Å²) in [6, 6.07) is 19.2. The average Bonchev–Trinajstić information content (AvgIpc) is 3.71. The van der Waals surface area contributed by atoms with Gasteiger partial charge in [0.15, 0.2) is 0 Å². The molecule has 258 valence electrons. The fraction of sp³-hybridized carbons (Fsp3) is 0.388. The molecular weight excluding hydrogens is 617 g/mol. The molecule has 8 aliphatic rings. The van der Waals surface area contributed by atoms with Crippen molar-refractivity contribution in [2.75, 3.05) is 4.90 Å². The molecule has 2 aromatic rings. The van der Waals surface area contributed by atoms with Crippen molar-refractivity contribution in [3.05, 3.63) is 168 Å². The highest BCUT2D eigenvalue weighted by atomic mass is 15.3. The molecule has 2 heterocycles. The van der Waals surface area contributed by atoms with Crippen LogP contribution in [0.1, 0.15) is 86.3 Å². The second-order valence-corrected chi connectivity index (χ2v) is 16.5. The number of nitrogens with zero attached hydrogens (tertiary/aromatic N) is 2. The largest absolute Gasteiger partial charge is 0.337 e. The number of hydrogen-bond donors (Lipinski definition) is 0. The molecule has 2 aromatic carbocycles. The Hall–Kier alpha value is -4.14. The van der Waals surface area contributed by atoms with Crippen molar-refractivity contribution in [3.63, 3.8) is 0 Å². The number of fused-ring (bicyclic) bond motifs is 6. The van der Waals surface area contributed by atoms with Crippen molar-refractivity contribution < 1.29 is 0 Å². The van der Waals surface area contributed by atoms with E-state index >= 15 is 0 Å². The van der Waals surface area contributed by atoms with Gasteiger partial charge in [-0.1, -0.05) is 134 Å². The number of benzene rings is 2. The van der Waals surface area contributed by atoms with Crippen LogP contribution in [0.15, 0.2) is 151 Å². The molecule has 0 N–H and O–H groups in total. The topological polar surface area (TPSA) is 6.48 Å². The second kappa shape index (κ2) is 13.1. The van der Waals surface area contributed by atoms with Gasteiger partial charge in [-0.3, -0.25) is 4.90 Å². The van der Waals surface area contributed by atoms with Gasteiger partial charge in [-0.15, -0.1) is 0 Å². The number of anilines is 2. The Morgan fingerprint density at radius 2 is 1.49 bits per heavy atom. The molecule has 0 saturated carbocycles. The Morgan fingerprint density at radius 1 is 0.627 bits per heavy atom. The van der Waals surface area contributed by atoms with E-state index in [4.69, 9.17) is 0 Å². The lowest BCUT2D eigenvalue weighted by molar-refractivity contribution is 0.126. The van der Waals surface area contributed by atoms with Crippen LogP contribution in [0.4, 0.5) is 11.4 Å². The van der Waals surface area contributed by atoms with Crippen LogP contribution in [0.3, 0.4) is 0 Å². The van der Waals surface area contributed by atoms with Gasteiger partial charge in [-0.2, -0.15) is 0 Å². The van der Waals surface area contributed by atoms with Crippen LogP contribution in [0, 0.1) is 23.7 Å². The minimum atomic E-state index is 0.437. The summed E-state index contributed by atoms with van der Waals surface area (Å²) in [6.45, 7) is 2.34. The van der Waals surface area contributed by atoms with Crippen molar-refractivity contribution >= 4 is 11.4 Å². The first-order chi connectivity index (χ1) is 25.2. The van der Waals surface area contributed by atoms with E-state index in [1.54, 1.807) is 0 Å². The lowest BCUT2D eigenvalue weighted by Crippen LogP contribution is -2.46. The molecule has 0 radical (unpaired) electrons. The number of hydrogen-bond acceptors (Lipinski definition) is 2. The molecule has 2 nitrogen and oxygen atoms in total. The van der Waals surface area contributed by atoms with E-state index in [1.807, 2.05) is 0 Å². The van der Waals surface area contributed by atoms with Crippen molar-refractivity contribution in [2.24, 2.45) is 23.7 Å². The van der Waals surface area contributed by atoms with Gasteiger partial charge < -0.3 is 4.90 Å². The van der Waals surface area contributed by atoms with Crippen LogP contribution >= 0.6 is 0 Å². The van der Waals surface area contributed by atoms with E-state index in [9.17, 15) is 0 Å². The molecule has 1 fully saturated rings. The quantitative estimate of drug-likeness (QED) is 0.293. The molecule has 6 aliphatic carbocycles. The fourth-order valence-corrected chi connectivity index (χ4v) is 11.3. The highest BCUT2D eigenvalue weighted by Crippen LogP contribution is 2.53. The van der Waals surface area contributed by atoms with Gasteiger partial charge in [-0.25, -0.2) is 0 Å². The van der Waals surface area contributed by atoms with Gasteiger partial charge in [0.05, 0.1) is 0 Å². The molecule has 10 rings (SSSR count). The third-order valence-corrected chi connectivity index (χ3v) is 13.8. The van der Waals surface area contributed by atoms with Crippen molar-refractivity contribution in [3.8, 4) is 0 Å². The van der Waals surface area contributed by atoms with E-state index in [2.05, 4.69) is 162 Å². The lowest BCUT2D eigenvalue weighted by atomic mass is 9.75. The van der Waals surface area contributed by atoms with Crippen molar-refractivity contribution in [2.45, 2.75) is 93.8 Å². The summed E-state index contributed by atoms with van der Waals surface area (Å²) in [5.74, 6) is 3.67. The zero-order valence-electron chi connectivity index (χ0n) is 30.1. The predicted octanol–water partition coefficient (Wildman–Crippen LogP) is 11.6. The van der Waals surface area contributed by atoms with E-state index in [-0.39, 0.29) is 0 Å². The number of rotatable bonds is 5. The Labute approximate surface area is 305 Å². The average molecular weight is 669 g/mol. The minimum Gasteiger partial charge on any atom is -0.337 e. The maximum absolute atomic E-state index is 3.00. The van der Waals surface area contributed by atoms with E-state index < -0.39 is 0 Å². The van der Waals surface area contributed by atoms with Gasteiger partial charge in [0.1, 0.15) is 0 Å². The standard InChI is InChI=1S/C49H52N2/c1-33-12-5-6-17-41(33)38-15-11-16-40(30-38)51-47-21-10-8-19-43(47)45-31-36(25-29-48(45)51)37-24-28-44-42-18-7-9-20-46(42)50(49(44)32-37)39-26-22-35(23-27-39)34-13-3-2-4-14-34/h2-8,11-13,15-19,22-26,28-31,33-34,37,39,41-44,46-47,49H,9-10,14,20-21,27,32H2,1H3. The van der Waals surface area contributed by atoms with Crippen molar-refractivity contribution in [1.82, 2.24) is 4.90 Å². The van der Waals surface area contributed by atoms with Crippen LogP contribution in [0.2, 0.25) is 0 Å². The molecular formula is C49H52N2.